The Hall–Kier alpha value is -1.06. The minimum absolute atomic E-state index is 0. The fourth-order valence-electron chi connectivity index (χ4n) is 2.88. The van der Waals surface area contributed by atoms with Crippen molar-refractivity contribution in [2.24, 2.45) is 17.1 Å². The van der Waals surface area contributed by atoms with Crippen molar-refractivity contribution in [2.45, 2.75) is 33.1 Å². The Bertz CT molecular complexity index is 501. The summed E-state index contributed by atoms with van der Waals surface area (Å²) in [7, 11) is 1.90. The first-order valence-corrected chi connectivity index (χ1v) is 7.36. The van der Waals surface area contributed by atoms with Gasteiger partial charge in [0.25, 0.3) is 0 Å². The molecule has 1 aromatic carbocycles. The van der Waals surface area contributed by atoms with Crippen LogP contribution in [-0.2, 0) is 4.79 Å². The highest BCUT2D eigenvalue weighted by atomic mass is 35.5. The largest absolute Gasteiger partial charge is 0.345 e. The van der Waals surface area contributed by atoms with Gasteiger partial charge in [0.2, 0.25) is 5.91 Å². The molecule has 2 N–H and O–H groups in total. The van der Waals surface area contributed by atoms with Gasteiger partial charge in [-0.1, -0.05) is 38.1 Å². The Morgan fingerprint density at radius 1 is 1.38 bits per heavy atom. The number of hydrogen-bond acceptors (Lipinski definition) is 2. The van der Waals surface area contributed by atoms with Crippen molar-refractivity contribution in [3.8, 4) is 0 Å². The molecule has 2 rings (SSSR count). The van der Waals surface area contributed by atoms with E-state index in [-0.39, 0.29) is 29.6 Å². The summed E-state index contributed by atoms with van der Waals surface area (Å²) < 4.78 is 0. The number of nitrogens with two attached hydrogens (primary N) is 1. The molecule has 0 spiro atoms. The van der Waals surface area contributed by atoms with Crippen molar-refractivity contribution >= 4 is 18.3 Å². The van der Waals surface area contributed by atoms with Gasteiger partial charge in [-0.15, -0.1) is 12.4 Å². The Kier molecular flexibility index (Phi) is 5.83. The van der Waals surface area contributed by atoms with Gasteiger partial charge in [0.05, 0.1) is 0 Å². The summed E-state index contributed by atoms with van der Waals surface area (Å²) in [6.07, 6.45) is 0.983. The Morgan fingerprint density at radius 3 is 2.57 bits per heavy atom. The maximum Gasteiger partial charge on any atom is 0.226 e. The quantitative estimate of drug-likeness (QED) is 0.909. The predicted octanol–water partition coefficient (Wildman–Crippen LogP) is 2.96. The van der Waals surface area contributed by atoms with Gasteiger partial charge in [-0.25, -0.2) is 0 Å². The summed E-state index contributed by atoms with van der Waals surface area (Å²) in [6.45, 7) is 7.64. The number of benzene rings is 1. The third kappa shape index (κ3) is 4.21. The van der Waals surface area contributed by atoms with Gasteiger partial charge in [-0.2, -0.15) is 0 Å². The van der Waals surface area contributed by atoms with Crippen molar-refractivity contribution in [1.82, 2.24) is 4.90 Å². The lowest BCUT2D eigenvalue weighted by atomic mass is 9.93. The molecule has 0 bridgehead atoms. The van der Waals surface area contributed by atoms with Gasteiger partial charge < -0.3 is 10.6 Å². The summed E-state index contributed by atoms with van der Waals surface area (Å²) >= 11 is 0. The molecule has 1 amide bonds. The maximum absolute atomic E-state index is 12.5. The van der Waals surface area contributed by atoms with Crippen molar-refractivity contribution in [2.75, 3.05) is 20.1 Å². The van der Waals surface area contributed by atoms with Crippen molar-refractivity contribution < 1.29 is 4.79 Å². The van der Waals surface area contributed by atoms with Crippen LogP contribution in [0.1, 0.15) is 37.3 Å². The number of carbonyl (C=O) groups is 1. The maximum atomic E-state index is 12.5. The lowest BCUT2D eigenvalue weighted by molar-refractivity contribution is -0.132. The van der Waals surface area contributed by atoms with Gasteiger partial charge in [0.15, 0.2) is 0 Å². The van der Waals surface area contributed by atoms with E-state index in [0.717, 1.165) is 13.0 Å². The summed E-state index contributed by atoms with van der Waals surface area (Å²) in [5, 5.41) is 0. The minimum atomic E-state index is -0.0164. The number of halogens is 1. The molecule has 3 nitrogen and oxygen atoms in total. The molecule has 118 valence electrons. The second-order valence-corrected chi connectivity index (χ2v) is 6.87. The molecule has 0 heterocycles. The van der Waals surface area contributed by atoms with Crippen LogP contribution in [0.2, 0.25) is 0 Å². The van der Waals surface area contributed by atoms with Crippen molar-refractivity contribution in [3.05, 3.63) is 35.4 Å². The molecular formula is C17H27ClN2O. The third-order valence-electron chi connectivity index (χ3n) is 4.29. The van der Waals surface area contributed by atoms with Gasteiger partial charge >= 0.3 is 0 Å². The van der Waals surface area contributed by atoms with E-state index in [9.17, 15) is 4.79 Å². The molecule has 0 saturated heterocycles. The number of rotatable bonds is 5. The molecule has 1 fully saturated rings. The molecule has 1 saturated carbocycles. The zero-order chi connectivity index (χ0) is 14.9. The molecule has 0 aliphatic heterocycles. The molecule has 4 heteroatoms. The third-order valence-corrected chi connectivity index (χ3v) is 4.29. The Morgan fingerprint density at radius 2 is 2.00 bits per heavy atom. The molecule has 2 atom stereocenters. The van der Waals surface area contributed by atoms with Crippen LogP contribution in [0.15, 0.2) is 24.3 Å². The topological polar surface area (TPSA) is 46.3 Å². The average molecular weight is 311 g/mol. The predicted molar refractivity (Wildman–Crippen MR) is 89.7 cm³/mol. The highest BCUT2D eigenvalue weighted by molar-refractivity contribution is 5.85. The fraction of sp³-hybridized carbons (Fsp3) is 0.588. The smallest absolute Gasteiger partial charge is 0.226 e. The van der Waals surface area contributed by atoms with Gasteiger partial charge in [0.1, 0.15) is 0 Å². The van der Waals surface area contributed by atoms with E-state index in [4.69, 9.17) is 5.73 Å². The lowest BCUT2D eigenvalue weighted by Crippen LogP contribution is -2.40. The number of hydrogen-bond donors (Lipinski definition) is 1. The zero-order valence-corrected chi connectivity index (χ0v) is 14.2. The molecule has 1 aliphatic rings. The number of aryl methyl sites for hydroxylation is 1. The van der Waals surface area contributed by atoms with Crippen LogP contribution < -0.4 is 5.73 Å². The Labute approximate surface area is 134 Å². The first kappa shape index (κ1) is 18.0. The summed E-state index contributed by atoms with van der Waals surface area (Å²) in [5.41, 5.74) is 8.35. The van der Waals surface area contributed by atoms with Crippen LogP contribution in [0.3, 0.4) is 0 Å². The number of amides is 1. The van der Waals surface area contributed by atoms with Crippen LogP contribution in [-0.4, -0.2) is 30.9 Å². The standard InChI is InChI=1S/C17H26N2O.ClH/c1-12-7-5-6-8-13(12)14-9-15(14)16(20)19(4)11-17(2,3)10-18;/h5-8,14-15H,9-11,18H2,1-4H3;1H. The molecule has 2 unspecified atom stereocenters. The average Bonchev–Trinajstić information content (AvgIpc) is 3.18. The van der Waals surface area contributed by atoms with E-state index in [0.29, 0.717) is 12.5 Å². The SMILES string of the molecule is Cc1ccccc1C1CC1C(=O)N(C)CC(C)(C)CN.Cl. The highest BCUT2D eigenvalue weighted by Crippen LogP contribution is 2.49. The first-order chi connectivity index (χ1) is 9.35. The van der Waals surface area contributed by atoms with Gasteiger partial charge in [-0.05, 0) is 42.3 Å². The second kappa shape index (κ2) is 6.80. The van der Waals surface area contributed by atoms with Crippen LogP contribution in [0.25, 0.3) is 0 Å². The minimum Gasteiger partial charge on any atom is -0.345 e. The molecule has 1 aliphatic carbocycles. The van der Waals surface area contributed by atoms with E-state index < -0.39 is 0 Å². The molecular weight excluding hydrogens is 284 g/mol. The van der Waals surface area contributed by atoms with Crippen LogP contribution in [0.5, 0.6) is 0 Å². The van der Waals surface area contributed by atoms with Crippen LogP contribution >= 0.6 is 12.4 Å². The van der Waals surface area contributed by atoms with E-state index in [1.807, 2.05) is 18.0 Å². The van der Waals surface area contributed by atoms with Gasteiger partial charge in [0, 0.05) is 19.5 Å². The van der Waals surface area contributed by atoms with E-state index in [1.54, 1.807) is 0 Å². The second-order valence-electron chi connectivity index (χ2n) is 6.87. The molecule has 0 radical (unpaired) electrons. The van der Waals surface area contributed by atoms with Crippen molar-refractivity contribution in [1.29, 1.82) is 0 Å². The van der Waals surface area contributed by atoms with Crippen LogP contribution in [0, 0.1) is 18.3 Å². The van der Waals surface area contributed by atoms with Crippen molar-refractivity contribution in [3.63, 3.8) is 0 Å². The number of carbonyl (C=O) groups excluding carboxylic acids is 1. The zero-order valence-electron chi connectivity index (χ0n) is 13.4. The van der Waals surface area contributed by atoms with Gasteiger partial charge in [-0.3, -0.25) is 4.79 Å². The van der Waals surface area contributed by atoms with E-state index >= 15 is 0 Å². The fourth-order valence-corrected chi connectivity index (χ4v) is 2.88. The molecule has 21 heavy (non-hydrogen) atoms. The summed E-state index contributed by atoms with van der Waals surface area (Å²) in [5.74, 6) is 0.835. The summed E-state index contributed by atoms with van der Waals surface area (Å²) in [6, 6.07) is 8.38. The first-order valence-electron chi connectivity index (χ1n) is 7.36. The van der Waals surface area contributed by atoms with E-state index in [2.05, 4.69) is 39.0 Å². The summed E-state index contributed by atoms with van der Waals surface area (Å²) in [4.78, 5) is 14.3. The molecule has 0 aromatic heterocycles. The Balaban J connectivity index is 0.00000220. The monoisotopic (exact) mass is 310 g/mol. The molecule has 1 aromatic rings. The number of nitrogens with zero attached hydrogens (tertiary/aromatic N) is 1. The normalized spacial score (nSPS) is 20.6. The highest BCUT2D eigenvalue weighted by Gasteiger charge is 2.46. The van der Waals surface area contributed by atoms with E-state index in [1.165, 1.54) is 11.1 Å². The lowest BCUT2D eigenvalue weighted by Gasteiger charge is -2.29. The van der Waals surface area contributed by atoms with Crippen LogP contribution in [0.4, 0.5) is 0 Å².